The van der Waals surface area contributed by atoms with E-state index in [0.29, 0.717) is 10.9 Å². The molecule has 198 valence electrons. The minimum absolute atomic E-state index is 0.121. The fraction of sp³-hybridized carbons (Fsp3) is 0.481. The van der Waals surface area contributed by atoms with Crippen molar-refractivity contribution in [2.24, 2.45) is 0 Å². The van der Waals surface area contributed by atoms with Crippen LogP contribution in [0.5, 0.6) is 0 Å². The van der Waals surface area contributed by atoms with Gasteiger partial charge in [-0.3, -0.25) is 0 Å². The van der Waals surface area contributed by atoms with Crippen LogP contribution in [0.25, 0.3) is 11.0 Å². The summed E-state index contributed by atoms with van der Waals surface area (Å²) < 4.78 is 31.0. The monoisotopic (exact) mass is 525 g/mol. The lowest BCUT2D eigenvalue weighted by atomic mass is 9.86. The zero-order valence-electron chi connectivity index (χ0n) is 21.8. The summed E-state index contributed by atoms with van der Waals surface area (Å²) in [5, 5.41) is 4.07. The SMILES string of the molecule is CC(C)(C)OC(=O)NC1CC(n2ccc3cc(N4CCN(c5ccc(S(C)(=O)=O)cc5)CC4)cnc32)C1. The van der Waals surface area contributed by atoms with Crippen molar-refractivity contribution in [3.63, 3.8) is 0 Å². The average Bonchev–Trinajstić information content (AvgIpc) is 3.22. The third kappa shape index (κ3) is 5.69. The van der Waals surface area contributed by atoms with E-state index in [1.807, 2.05) is 39.1 Å². The number of hydrogen-bond donors (Lipinski definition) is 1. The lowest BCUT2D eigenvalue weighted by Crippen LogP contribution is -2.46. The molecule has 2 fully saturated rings. The summed E-state index contributed by atoms with van der Waals surface area (Å²) in [7, 11) is -3.19. The van der Waals surface area contributed by atoms with E-state index in [0.717, 1.165) is 61.4 Å². The normalized spacial score (nSPS) is 20.5. The van der Waals surface area contributed by atoms with Gasteiger partial charge in [0.05, 0.1) is 16.8 Å². The van der Waals surface area contributed by atoms with Gasteiger partial charge in [0, 0.05) is 61.8 Å². The van der Waals surface area contributed by atoms with E-state index < -0.39 is 15.4 Å². The van der Waals surface area contributed by atoms with Crippen LogP contribution in [0.1, 0.15) is 39.7 Å². The Hall–Kier alpha value is -3.27. The summed E-state index contributed by atoms with van der Waals surface area (Å²) >= 11 is 0. The molecule has 37 heavy (non-hydrogen) atoms. The van der Waals surface area contributed by atoms with Crippen LogP contribution in [0.3, 0.4) is 0 Å². The molecule has 0 unspecified atom stereocenters. The first-order chi connectivity index (χ1) is 17.5. The summed E-state index contributed by atoms with van der Waals surface area (Å²) in [4.78, 5) is 21.8. The standard InChI is InChI=1S/C27H35N5O4S/c1-27(2,3)36-26(33)29-20-16-22(17-20)32-10-9-19-15-23(18-28-25(19)32)31-13-11-30(12-14-31)21-5-7-24(8-6-21)37(4,34)35/h5-10,15,18,20,22H,11-14,16-17H2,1-4H3,(H,29,33). The topological polar surface area (TPSA) is 96.8 Å². The lowest BCUT2D eigenvalue weighted by molar-refractivity contribution is 0.0457. The average molecular weight is 526 g/mol. The van der Waals surface area contributed by atoms with Crippen LogP contribution in [-0.4, -0.2) is 68.1 Å². The molecule has 1 amide bonds. The zero-order chi connectivity index (χ0) is 26.4. The molecule has 2 aromatic heterocycles. The minimum atomic E-state index is -3.19. The van der Waals surface area contributed by atoms with E-state index in [-0.39, 0.29) is 12.1 Å². The summed E-state index contributed by atoms with van der Waals surface area (Å²) in [5.74, 6) is 0. The number of sulfone groups is 1. The molecule has 3 aromatic rings. The van der Waals surface area contributed by atoms with Crippen LogP contribution < -0.4 is 15.1 Å². The second-order valence-corrected chi connectivity index (χ2v) is 13.1. The largest absolute Gasteiger partial charge is 0.444 e. The number of carbonyl (C=O) groups is 1. The molecule has 1 saturated carbocycles. The highest BCUT2D eigenvalue weighted by atomic mass is 32.2. The maximum absolute atomic E-state index is 12.0. The van der Waals surface area contributed by atoms with E-state index in [1.165, 1.54) is 6.26 Å². The van der Waals surface area contributed by atoms with Gasteiger partial charge in [-0.2, -0.15) is 0 Å². The van der Waals surface area contributed by atoms with Gasteiger partial charge < -0.3 is 24.4 Å². The fourth-order valence-electron chi connectivity index (χ4n) is 5.03. The number of carbonyl (C=O) groups excluding carboxylic acids is 1. The number of aromatic nitrogens is 2. The van der Waals surface area contributed by atoms with Crippen molar-refractivity contribution in [1.82, 2.24) is 14.9 Å². The second-order valence-electron chi connectivity index (χ2n) is 11.0. The molecule has 10 heteroatoms. The number of anilines is 2. The van der Waals surface area contributed by atoms with Gasteiger partial charge >= 0.3 is 6.09 Å². The van der Waals surface area contributed by atoms with E-state index >= 15 is 0 Å². The quantitative estimate of drug-likeness (QED) is 0.538. The van der Waals surface area contributed by atoms with Crippen molar-refractivity contribution in [3.05, 3.63) is 48.8 Å². The molecule has 0 spiro atoms. The number of nitrogens with zero attached hydrogens (tertiary/aromatic N) is 4. The van der Waals surface area contributed by atoms with Crippen LogP contribution >= 0.6 is 0 Å². The number of fused-ring (bicyclic) bond motifs is 1. The minimum Gasteiger partial charge on any atom is -0.444 e. The summed E-state index contributed by atoms with van der Waals surface area (Å²) in [6.07, 6.45) is 6.63. The van der Waals surface area contributed by atoms with Gasteiger partial charge in [-0.05, 0) is 70.0 Å². The van der Waals surface area contributed by atoms with Gasteiger partial charge in [0.15, 0.2) is 9.84 Å². The Bertz CT molecular complexity index is 1380. The smallest absolute Gasteiger partial charge is 0.407 e. The highest BCUT2D eigenvalue weighted by molar-refractivity contribution is 7.90. The number of piperazine rings is 1. The molecular formula is C27H35N5O4S. The van der Waals surface area contributed by atoms with Crippen LogP contribution in [0.2, 0.25) is 0 Å². The highest BCUT2D eigenvalue weighted by Crippen LogP contribution is 2.35. The van der Waals surface area contributed by atoms with Crippen LogP contribution in [0.15, 0.2) is 53.7 Å². The number of rotatable bonds is 5. The summed E-state index contributed by atoms with van der Waals surface area (Å²) in [5.41, 5.74) is 2.62. The molecule has 5 rings (SSSR count). The third-order valence-electron chi connectivity index (χ3n) is 7.04. The number of amides is 1. The van der Waals surface area contributed by atoms with Crippen molar-refractivity contribution >= 4 is 38.3 Å². The Morgan fingerprint density at radius 3 is 2.22 bits per heavy atom. The molecule has 9 nitrogen and oxygen atoms in total. The lowest BCUT2D eigenvalue weighted by Gasteiger charge is -2.38. The van der Waals surface area contributed by atoms with Crippen molar-refractivity contribution in [2.75, 3.05) is 42.2 Å². The Morgan fingerprint density at radius 1 is 1.00 bits per heavy atom. The van der Waals surface area contributed by atoms with Crippen LogP contribution in [0, 0.1) is 0 Å². The Labute approximate surface area is 218 Å². The number of pyridine rings is 1. The van der Waals surface area contributed by atoms with Crippen molar-refractivity contribution in [3.8, 4) is 0 Å². The Morgan fingerprint density at radius 2 is 1.62 bits per heavy atom. The zero-order valence-corrected chi connectivity index (χ0v) is 22.7. The van der Waals surface area contributed by atoms with E-state index in [1.54, 1.807) is 12.1 Å². The number of nitrogens with one attached hydrogen (secondary N) is 1. The first-order valence-electron chi connectivity index (χ1n) is 12.7. The van der Waals surface area contributed by atoms with Gasteiger partial charge in [0.2, 0.25) is 0 Å². The summed E-state index contributed by atoms with van der Waals surface area (Å²) in [6.45, 7) is 9.02. The van der Waals surface area contributed by atoms with E-state index in [4.69, 9.17) is 9.72 Å². The first kappa shape index (κ1) is 25.4. The number of benzene rings is 1. The van der Waals surface area contributed by atoms with Crippen molar-refractivity contribution in [1.29, 1.82) is 0 Å². The third-order valence-corrected chi connectivity index (χ3v) is 8.17. The molecule has 1 saturated heterocycles. The first-order valence-corrected chi connectivity index (χ1v) is 14.6. The van der Waals surface area contributed by atoms with Crippen molar-refractivity contribution < 1.29 is 17.9 Å². The molecule has 0 atom stereocenters. The molecule has 1 N–H and O–H groups in total. The van der Waals surface area contributed by atoms with Crippen LogP contribution in [0.4, 0.5) is 16.2 Å². The van der Waals surface area contributed by atoms with E-state index in [2.05, 4.69) is 38.0 Å². The Balaban J connectivity index is 1.17. The number of ether oxygens (including phenoxy) is 1. The number of hydrogen-bond acceptors (Lipinski definition) is 7. The molecule has 0 radical (unpaired) electrons. The predicted molar refractivity (Wildman–Crippen MR) is 145 cm³/mol. The fourth-order valence-corrected chi connectivity index (χ4v) is 5.66. The van der Waals surface area contributed by atoms with Gasteiger partial charge in [-0.25, -0.2) is 18.2 Å². The van der Waals surface area contributed by atoms with Gasteiger partial charge in [-0.1, -0.05) is 0 Å². The Kier molecular flexibility index (Phi) is 6.55. The molecule has 1 aliphatic carbocycles. The van der Waals surface area contributed by atoms with Crippen LogP contribution in [-0.2, 0) is 14.6 Å². The van der Waals surface area contributed by atoms with Crippen molar-refractivity contribution in [2.45, 2.75) is 56.2 Å². The molecule has 1 aliphatic heterocycles. The van der Waals surface area contributed by atoms with Gasteiger partial charge in [0.1, 0.15) is 11.2 Å². The maximum Gasteiger partial charge on any atom is 0.407 e. The van der Waals surface area contributed by atoms with Gasteiger partial charge in [-0.15, -0.1) is 0 Å². The second kappa shape index (κ2) is 9.55. The highest BCUT2D eigenvalue weighted by Gasteiger charge is 2.33. The molecule has 2 aliphatic rings. The van der Waals surface area contributed by atoms with E-state index in [9.17, 15) is 13.2 Å². The molecule has 3 heterocycles. The molecular weight excluding hydrogens is 490 g/mol. The molecule has 0 bridgehead atoms. The van der Waals surface area contributed by atoms with Gasteiger partial charge in [0.25, 0.3) is 0 Å². The molecule has 1 aromatic carbocycles. The summed E-state index contributed by atoms with van der Waals surface area (Å²) in [6, 6.07) is 11.9. The predicted octanol–water partition coefficient (Wildman–Crippen LogP) is 3.99. The maximum atomic E-state index is 12.0. The number of alkyl carbamates (subject to hydrolysis) is 1.